The highest BCUT2D eigenvalue weighted by Gasteiger charge is 2.28. The fourth-order valence-electron chi connectivity index (χ4n) is 6.07. The van der Waals surface area contributed by atoms with Crippen LogP contribution in [0.25, 0.3) is 49.4 Å². The number of para-hydroxylation sites is 1. The lowest BCUT2D eigenvalue weighted by Gasteiger charge is -2.10. The van der Waals surface area contributed by atoms with Crippen molar-refractivity contribution in [3.05, 3.63) is 119 Å². The smallest absolute Gasteiger partial charge is 0.296 e. The minimum absolute atomic E-state index is 0.836. The average molecular weight is 481 g/mol. The zero-order valence-corrected chi connectivity index (χ0v) is 21.8. The van der Waals surface area contributed by atoms with Crippen LogP contribution < -0.4 is 4.57 Å². The molecule has 0 bridgehead atoms. The van der Waals surface area contributed by atoms with E-state index in [2.05, 4.69) is 139 Å². The van der Waals surface area contributed by atoms with Crippen molar-refractivity contribution >= 4 is 43.6 Å². The second-order valence-electron chi connectivity index (χ2n) is 10.4. The van der Waals surface area contributed by atoms with E-state index in [-0.39, 0.29) is 0 Å². The van der Waals surface area contributed by atoms with Crippen LogP contribution in [0, 0.1) is 20.8 Å². The van der Waals surface area contributed by atoms with Crippen molar-refractivity contribution < 1.29 is 4.57 Å². The highest BCUT2D eigenvalue weighted by molar-refractivity contribution is 6.15. The van der Waals surface area contributed by atoms with Gasteiger partial charge in [-0.15, -0.1) is 0 Å². The van der Waals surface area contributed by atoms with Gasteiger partial charge in [0.1, 0.15) is 11.0 Å². The molecule has 37 heavy (non-hydrogen) atoms. The van der Waals surface area contributed by atoms with Gasteiger partial charge in [0, 0.05) is 34.3 Å². The summed E-state index contributed by atoms with van der Waals surface area (Å²) in [6.45, 7) is 7.50. The third-order valence-corrected chi connectivity index (χ3v) is 8.03. The average Bonchev–Trinajstić information content (AvgIpc) is 3.40. The quantitative estimate of drug-likeness (QED) is 0.230. The minimum atomic E-state index is 0.836. The Bertz CT molecular complexity index is 1990. The van der Waals surface area contributed by atoms with Crippen LogP contribution in [-0.2, 0) is 13.6 Å². The molecule has 3 nitrogen and oxygen atoms in total. The first-order valence-corrected chi connectivity index (χ1v) is 13.0. The van der Waals surface area contributed by atoms with Gasteiger partial charge in [-0.2, -0.15) is 4.57 Å². The zero-order valence-electron chi connectivity index (χ0n) is 21.8. The maximum atomic E-state index is 2.51. The Morgan fingerprint density at radius 1 is 0.676 bits per heavy atom. The van der Waals surface area contributed by atoms with Gasteiger partial charge in [0.25, 0.3) is 5.82 Å². The Labute approximate surface area is 216 Å². The summed E-state index contributed by atoms with van der Waals surface area (Å²) in [4.78, 5) is 0. The SMILES string of the molecule is Cc1ccc2c(c1)c1ccc(C)c(C)c1n2-c1c2c3ccccc3n(Cc3ccccc3)c2cc[n+]1C. The molecule has 0 N–H and O–H groups in total. The summed E-state index contributed by atoms with van der Waals surface area (Å²) in [6.07, 6.45) is 2.22. The largest absolute Gasteiger partial charge is 0.336 e. The van der Waals surface area contributed by atoms with E-state index < -0.39 is 0 Å². The van der Waals surface area contributed by atoms with Gasteiger partial charge in [-0.25, -0.2) is 4.57 Å². The molecule has 0 fully saturated rings. The van der Waals surface area contributed by atoms with Crippen molar-refractivity contribution in [2.45, 2.75) is 27.3 Å². The number of aromatic nitrogens is 3. The zero-order chi connectivity index (χ0) is 25.3. The number of nitrogens with zero attached hydrogens (tertiary/aromatic N) is 3. The summed E-state index contributed by atoms with van der Waals surface area (Å²) < 4.78 is 7.27. The Morgan fingerprint density at radius 3 is 2.30 bits per heavy atom. The number of benzene rings is 4. The molecule has 0 radical (unpaired) electrons. The number of hydrogen-bond donors (Lipinski definition) is 0. The standard InChI is InChI=1S/C34H30N3/c1-22-14-17-30-28(20-22)26-16-15-23(2)24(3)33(26)37(30)34-32-27-12-8-9-13-29(27)36(31(32)18-19-35(34)4)21-25-10-6-5-7-11-25/h5-20H,21H2,1-4H3/q+1. The fraction of sp³-hybridized carbons (Fsp3) is 0.147. The Hall–Kier alpha value is -4.37. The molecule has 0 unspecified atom stereocenters. The van der Waals surface area contributed by atoms with Gasteiger partial charge >= 0.3 is 0 Å². The first-order chi connectivity index (χ1) is 18.0. The van der Waals surface area contributed by atoms with E-state index in [1.54, 1.807) is 0 Å². The highest BCUT2D eigenvalue weighted by Crippen LogP contribution is 2.39. The Morgan fingerprint density at radius 2 is 1.46 bits per heavy atom. The summed E-state index contributed by atoms with van der Waals surface area (Å²) >= 11 is 0. The van der Waals surface area contributed by atoms with E-state index >= 15 is 0 Å². The molecule has 4 aromatic carbocycles. The van der Waals surface area contributed by atoms with Gasteiger partial charge in [0.2, 0.25) is 0 Å². The molecular weight excluding hydrogens is 450 g/mol. The third kappa shape index (κ3) is 3.17. The van der Waals surface area contributed by atoms with Crippen molar-refractivity contribution in [1.82, 2.24) is 9.13 Å². The van der Waals surface area contributed by atoms with Crippen LogP contribution in [0.1, 0.15) is 22.3 Å². The second kappa shape index (κ2) is 8.07. The Kier molecular flexibility index (Phi) is 4.77. The van der Waals surface area contributed by atoms with Gasteiger partial charge < -0.3 is 4.57 Å². The van der Waals surface area contributed by atoms with Crippen LogP contribution in [0.4, 0.5) is 0 Å². The van der Waals surface area contributed by atoms with Crippen molar-refractivity contribution in [3.63, 3.8) is 0 Å². The monoisotopic (exact) mass is 480 g/mol. The molecule has 0 saturated heterocycles. The summed E-state index contributed by atoms with van der Waals surface area (Å²) in [5, 5.41) is 5.19. The first kappa shape index (κ1) is 21.9. The van der Waals surface area contributed by atoms with Gasteiger partial charge in [-0.05, 0) is 61.7 Å². The number of pyridine rings is 1. The lowest BCUT2D eigenvalue weighted by Crippen LogP contribution is -2.33. The van der Waals surface area contributed by atoms with Crippen LogP contribution in [0.3, 0.4) is 0 Å². The van der Waals surface area contributed by atoms with E-state index in [1.807, 2.05) is 0 Å². The molecule has 180 valence electrons. The molecule has 7 aromatic rings. The normalized spacial score (nSPS) is 11.9. The van der Waals surface area contributed by atoms with Crippen LogP contribution in [0.2, 0.25) is 0 Å². The molecule has 3 heterocycles. The molecule has 3 aromatic heterocycles. The first-order valence-electron chi connectivity index (χ1n) is 13.0. The maximum Gasteiger partial charge on any atom is 0.296 e. The number of hydrogen-bond acceptors (Lipinski definition) is 0. The molecule has 3 heteroatoms. The molecular formula is C34H30N3+. The summed E-state index contributed by atoms with van der Waals surface area (Å²) in [6, 6.07) is 33.3. The van der Waals surface area contributed by atoms with E-state index in [1.165, 1.54) is 71.7 Å². The van der Waals surface area contributed by atoms with Crippen LogP contribution in [0.15, 0.2) is 97.2 Å². The molecule has 0 aliphatic rings. The number of rotatable bonds is 3. The summed E-state index contributed by atoms with van der Waals surface area (Å²) in [7, 11) is 2.18. The van der Waals surface area contributed by atoms with Crippen molar-refractivity contribution in [3.8, 4) is 5.82 Å². The van der Waals surface area contributed by atoms with Crippen molar-refractivity contribution in [2.24, 2.45) is 7.05 Å². The topological polar surface area (TPSA) is 13.7 Å². The van der Waals surface area contributed by atoms with E-state index in [0.717, 1.165) is 6.54 Å². The van der Waals surface area contributed by atoms with Crippen molar-refractivity contribution in [1.29, 1.82) is 0 Å². The lowest BCUT2D eigenvalue weighted by molar-refractivity contribution is -0.664. The summed E-state index contributed by atoms with van der Waals surface area (Å²) in [5.74, 6) is 1.21. The highest BCUT2D eigenvalue weighted by atomic mass is 15.1. The number of fused-ring (bicyclic) bond motifs is 6. The molecule has 0 amide bonds. The minimum Gasteiger partial charge on any atom is -0.336 e. The molecule has 0 atom stereocenters. The maximum absolute atomic E-state index is 2.51. The lowest BCUT2D eigenvalue weighted by atomic mass is 10.0. The van der Waals surface area contributed by atoms with E-state index in [0.29, 0.717) is 0 Å². The van der Waals surface area contributed by atoms with Crippen molar-refractivity contribution in [2.75, 3.05) is 0 Å². The van der Waals surface area contributed by atoms with Gasteiger partial charge in [-0.1, -0.05) is 66.2 Å². The Balaban J connectivity index is 1.67. The predicted molar refractivity (Wildman–Crippen MR) is 155 cm³/mol. The second-order valence-corrected chi connectivity index (χ2v) is 10.4. The van der Waals surface area contributed by atoms with E-state index in [9.17, 15) is 0 Å². The third-order valence-electron chi connectivity index (χ3n) is 8.03. The molecule has 0 aliphatic carbocycles. The molecule has 0 saturated carbocycles. The van der Waals surface area contributed by atoms with Gasteiger partial charge in [-0.3, -0.25) is 0 Å². The van der Waals surface area contributed by atoms with Crippen LogP contribution >= 0.6 is 0 Å². The van der Waals surface area contributed by atoms with Gasteiger partial charge in [0.05, 0.1) is 24.1 Å². The van der Waals surface area contributed by atoms with Gasteiger partial charge in [0.15, 0.2) is 0 Å². The fourth-order valence-corrected chi connectivity index (χ4v) is 6.07. The molecule has 0 aliphatic heterocycles. The van der Waals surface area contributed by atoms with Crippen LogP contribution in [-0.4, -0.2) is 9.13 Å². The predicted octanol–water partition coefficient (Wildman–Crippen LogP) is 7.69. The molecule has 0 spiro atoms. The van der Waals surface area contributed by atoms with Crippen LogP contribution in [0.5, 0.6) is 0 Å². The molecule has 7 rings (SSSR count). The van der Waals surface area contributed by atoms with E-state index in [4.69, 9.17) is 0 Å². The number of aryl methyl sites for hydroxylation is 4. The summed E-state index contributed by atoms with van der Waals surface area (Å²) in [5.41, 5.74) is 10.3.